The molecule has 4 heterocycles. The second-order valence-corrected chi connectivity index (χ2v) is 9.41. The third-order valence-electron chi connectivity index (χ3n) is 7.42. The van der Waals surface area contributed by atoms with Gasteiger partial charge >= 0.3 is 0 Å². The summed E-state index contributed by atoms with van der Waals surface area (Å²) >= 11 is 0. The van der Waals surface area contributed by atoms with Crippen LogP contribution in [-0.2, 0) is 0 Å². The van der Waals surface area contributed by atoms with Gasteiger partial charge in [0.05, 0.1) is 5.56 Å². The van der Waals surface area contributed by atoms with Crippen LogP contribution >= 0.6 is 0 Å². The summed E-state index contributed by atoms with van der Waals surface area (Å²) in [6.07, 6.45) is 11.0. The molecule has 1 aromatic heterocycles. The van der Waals surface area contributed by atoms with E-state index < -0.39 is 0 Å². The molecule has 0 unspecified atom stereocenters. The van der Waals surface area contributed by atoms with E-state index in [2.05, 4.69) is 32.0 Å². The Morgan fingerprint density at radius 3 is 2.65 bits per heavy atom. The van der Waals surface area contributed by atoms with Gasteiger partial charge in [0.25, 0.3) is 5.91 Å². The van der Waals surface area contributed by atoms with E-state index in [4.69, 9.17) is 0 Å². The van der Waals surface area contributed by atoms with Crippen LogP contribution in [0.2, 0.25) is 0 Å². The van der Waals surface area contributed by atoms with Crippen LogP contribution in [0.5, 0.6) is 0 Å². The largest absolute Gasteiger partial charge is 0.338 e. The zero-order valence-electron chi connectivity index (χ0n) is 18.4. The molecule has 5 rings (SSSR count). The van der Waals surface area contributed by atoms with Crippen LogP contribution in [0, 0.1) is 11.8 Å². The number of para-hydroxylation sites is 1. The first-order chi connectivity index (χ1) is 15.2. The van der Waals surface area contributed by atoms with Crippen molar-refractivity contribution in [2.24, 2.45) is 11.8 Å². The number of fused-ring (bicyclic) bond motifs is 4. The lowest BCUT2D eigenvalue weighted by Crippen LogP contribution is -2.64. The molecule has 0 saturated carbocycles. The first kappa shape index (κ1) is 20.4. The Hall–Kier alpha value is -2.47. The van der Waals surface area contributed by atoms with Crippen molar-refractivity contribution in [3.8, 4) is 0 Å². The number of carbonyl (C=O) groups excluding carboxylic acids is 1. The van der Waals surface area contributed by atoms with Gasteiger partial charge in [0.2, 0.25) is 5.95 Å². The highest BCUT2D eigenvalue weighted by molar-refractivity contribution is 5.93. The number of rotatable bonds is 5. The molecule has 31 heavy (non-hydrogen) atoms. The predicted octanol–water partition coefficient (Wildman–Crippen LogP) is 4.34. The van der Waals surface area contributed by atoms with Gasteiger partial charge in [-0.2, -0.15) is 0 Å². The summed E-state index contributed by atoms with van der Waals surface area (Å²) in [7, 11) is 0. The number of piperidine rings is 3. The number of benzene rings is 1. The maximum absolute atomic E-state index is 13.3. The van der Waals surface area contributed by atoms with E-state index >= 15 is 0 Å². The molecule has 2 bridgehead atoms. The molecular weight excluding hydrogens is 386 g/mol. The highest BCUT2D eigenvalue weighted by Crippen LogP contribution is 2.42. The Kier molecular flexibility index (Phi) is 5.90. The third-order valence-corrected chi connectivity index (χ3v) is 7.42. The van der Waals surface area contributed by atoms with Crippen LogP contribution in [0.4, 0.5) is 11.6 Å². The number of amides is 1. The van der Waals surface area contributed by atoms with Crippen molar-refractivity contribution in [1.29, 1.82) is 0 Å². The first-order valence-corrected chi connectivity index (χ1v) is 11.9. The highest BCUT2D eigenvalue weighted by Gasteiger charge is 2.47. The number of nitrogens with one attached hydrogen (secondary N) is 1. The molecule has 4 atom stereocenters. The summed E-state index contributed by atoms with van der Waals surface area (Å²) in [4.78, 5) is 27.0. The van der Waals surface area contributed by atoms with Crippen molar-refractivity contribution in [2.75, 3.05) is 25.0 Å². The van der Waals surface area contributed by atoms with E-state index in [1.54, 1.807) is 12.4 Å². The highest BCUT2D eigenvalue weighted by atomic mass is 16.2. The Balaban J connectivity index is 1.29. The lowest BCUT2D eigenvalue weighted by Gasteiger charge is -2.57. The summed E-state index contributed by atoms with van der Waals surface area (Å²) in [6.45, 7) is 5.28. The average molecular weight is 420 g/mol. The van der Waals surface area contributed by atoms with Crippen LogP contribution < -0.4 is 5.32 Å². The quantitative estimate of drug-likeness (QED) is 0.781. The van der Waals surface area contributed by atoms with Crippen LogP contribution in [0.3, 0.4) is 0 Å². The maximum Gasteiger partial charge on any atom is 0.257 e. The number of hydrogen-bond acceptors (Lipinski definition) is 5. The molecule has 6 heteroatoms. The van der Waals surface area contributed by atoms with E-state index in [0.29, 0.717) is 35.4 Å². The van der Waals surface area contributed by atoms with Crippen molar-refractivity contribution in [3.05, 3.63) is 48.3 Å². The van der Waals surface area contributed by atoms with E-state index in [0.717, 1.165) is 18.8 Å². The number of anilines is 2. The van der Waals surface area contributed by atoms with Crippen molar-refractivity contribution < 1.29 is 4.79 Å². The Labute approximate surface area is 185 Å². The fraction of sp³-hybridized carbons (Fsp3) is 0.560. The van der Waals surface area contributed by atoms with Crippen molar-refractivity contribution in [2.45, 2.75) is 57.5 Å². The predicted molar refractivity (Wildman–Crippen MR) is 122 cm³/mol. The van der Waals surface area contributed by atoms with Gasteiger partial charge in [0, 0.05) is 43.3 Å². The maximum atomic E-state index is 13.3. The van der Waals surface area contributed by atoms with Crippen molar-refractivity contribution >= 4 is 17.5 Å². The number of likely N-dealkylation sites (tertiary alicyclic amines) is 1. The summed E-state index contributed by atoms with van der Waals surface area (Å²) in [6, 6.07) is 11.1. The lowest BCUT2D eigenvalue weighted by molar-refractivity contribution is -0.0671. The number of aromatic nitrogens is 2. The van der Waals surface area contributed by atoms with E-state index in [9.17, 15) is 4.79 Å². The average Bonchev–Trinajstić information content (AvgIpc) is 2.82. The lowest BCUT2D eigenvalue weighted by atomic mass is 9.71. The first-order valence-electron chi connectivity index (χ1n) is 11.9. The minimum absolute atomic E-state index is 0.0838. The number of hydrogen-bond donors (Lipinski definition) is 1. The molecule has 3 saturated heterocycles. The molecule has 1 aromatic carbocycles. The van der Waals surface area contributed by atoms with Crippen LogP contribution in [0.1, 0.15) is 55.8 Å². The Morgan fingerprint density at radius 1 is 1.10 bits per heavy atom. The molecule has 164 valence electrons. The molecule has 1 amide bonds. The fourth-order valence-electron chi connectivity index (χ4n) is 6.10. The summed E-state index contributed by atoms with van der Waals surface area (Å²) in [5.41, 5.74) is 1.52. The summed E-state index contributed by atoms with van der Waals surface area (Å²) < 4.78 is 0. The van der Waals surface area contributed by atoms with Crippen LogP contribution in [-0.4, -0.2) is 57.4 Å². The van der Waals surface area contributed by atoms with Gasteiger partial charge in [-0.1, -0.05) is 38.0 Å². The second-order valence-electron chi connectivity index (χ2n) is 9.41. The Morgan fingerprint density at radius 2 is 1.87 bits per heavy atom. The molecule has 0 spiro atoms. The van der Waals surface area contributed by atoms with Gasteiger partial charge in [0.1, 0.15) is 0 Å². The van der Waals surface area contributed by atoms with Gasteiger partial charge < -0.3 is 10.2 Å². The van der Waals surface area contributed by atoms with Gasteiger partial charge in [0.15, 0.2) is 0 Å². The van der Waals surface area contributed by atoms with Gasteiger partial charge in [-0.25, -0.2) is 9.97 Å². The minimum Gasteiger partial charge on any atom is -0.338 e. The molecular formula is C25H33N5O. The zero-order valence-corrected chi connectivity index (χ0v) is 18.4. The molecule has 3 aliphatic heterocycles. The molecule has 6 nitrogen and oxygen atoms in total. The molecule has 3 fully saturated rings. The van der Waals surface area contributed by atoms with E-state index in [1.165, 1.54) is 45.1 Å². The molecule has 3 aliphatic rings. The Bertz CT molecular complexity index is 887. The number of nitrogens with zero attached hydrogens (tertiary/aromatic N) is 4. The molecule has 0 aliphatic carbocycles. The van der Waals surface area contributed by atoms with Crippen LogP contribution in [0.15, 0.2) is 42.7 Å². The van der Waals surface area contributed by atoms with Crippen molar-refractivity contribution in [3.63, 3.8) is 0 Å². The SMILES string of the molecule is CCC[C@H]1[C@H]2C[C@H](CN(C(=O)c3cnc(Nc4ccccc4)nc3)C2)[C@@H]2CCCCN21. The molecule has 1 N–H and O–H groups in total. The summed E-state index contributed by atoms with van der Waals surface area (Å²) in [5, 5.41) is 3.18. The van der Waals surface area contributed by atoms with Gasteiger partial charge in [-0.3, -0.25) is 9.69 Å². The zero-order chi connectivity index (χ0) is 21.2. The fourth-order valence-corrected chi connectivity index (χ4v) is 6.10. The number of carbonyl (C=O) groups is 1. The van der Waals surface area contributed by atoms with Gasteiger partial charge in [-0.15, -0.1) is 0 Å². The van der Waals surface area contributed by atoms with E-state index in [1.807, 2.05) is 30.3 Å². The van der Waals surface area contributed by atoms with E-state index in [-0.39, 0.29) is 5.91 Å². The topological polar surface area (TPSA) is 61.4 Å². The second kappa shape index (κ2) is 8.95. The smallest absolute Gasteiger partial charge is 0.257 e. The normalized spacial score (nSPS) is 28.1. The van der Waals surface area contributed by atoms with Gasteiger partial charge in [-0.05, 0) is 56.2 Å². The van der Waals surface area contributed by atoms with Crippen molar-refractivity contribution in [1.82, 2.24) is 19.8 Å². The third kappa shape index (κ3) is 4.18. The molecule has 2 aromatic rings. The molecule has 0 radical (unpaired) electrons. The monoisotopic (exact) mass is 419 g/mol. The standard InChI is InChI=1S/C25H33N5O/c1-2-8-22-18-13-19(23-11-6-7-12-30(22)23)17-29(16-18)24(31)20-14-26-25(27-15-20)28-21-9-4-3-5-10-21/h3-5,9-10,14-15,18-19,22-23H,2,6-8,11-13,16-17H2,1H3,(H,26,27,28)/t18-,19+,22-,23-/m0/s1. The minimum atomic E-state index is 0.0838. The summed E-state index contributed by atoms with van der Waals surface area (Å²) in [5.74, 6) is 1.80. The van der Waals surface area contributed by atoms with Crippen LogP contribution in [0.25, 0.3) is 0 Å².